The number of aryl methyl sites for hydroxylation is 3. The van der Waals surface area contributed by atoms with Gasteiger partial charge in [0.15, 0.2) is 0 Å². The summed E-state index contributed by atoms with van der Waals surface area (Å²) in [6.45, 7) is 2.04. The number of carbonyl (C=O) groups excluding carboxylic acids is 1. The van der Waals surface area contributed by atoms with Crippen molar-refractivity contribution in [1.82, 2.24) is 9.78 Å². The van der Waals surface area contributed by atoms with E-state index in [-0.39, 0.29) is 5.91 Å². The highest BCUT2D eigenvalue weighted by molar-refractivity contribution is 5.83. The third kappa shape index (κ3) is 2.05. The molecule has 0 radical (unpaired) electrons. The molecule has 1 heterocycles. The Morgan fingerprint density at radius 1 is 1.50 bits per heavy atom. The average molecular weight is 217 g/mol. The second-order valence-electron chi connectivity index (χ2n) is 4.13. The molecule has 4 heteroatoms. The molecular weight excluding hydrogens is 202 g/mol. The predicted octanol–water partition coefficient (Wildman–Crippen LogP) is 1.30. The van der Waals surface area contributed by atoms with Crippen LogP contribution in [0.2, 0.25) is 0 Å². The van der Waals surface area contributed by atoms with Crippen molar-refractivity contribution >= 4 is 16.8 Å². The summed E-state index contributed by atoms with van der Waals surface area (Å²) < 4.78 is 1.79. The maximum atomic E-state index is 10.8. The highest BCUT2D eigenvalue weighted by Crippen LogP contribution is 2.20. The number of amides is 1. The van der Waals surface area contributed by atoms with Crippen LogP contribution < -0.4 is 5.73 Å². The number of primary amides is 1. The number of nitrogens with zero attached hydrogens (tertiary/aromatic N) is 2. The van der Waals surface area contributed by atoms with Gasteiger partial charge in [-0.1, -0.05) is 11.6 Å². The van der Waals surface area contributed by atoms with Gasteiger partial charge in [0.05, 0.1) is 5.52 Å². The number of hydrogen-bond donors (Lipinski definition) is 1. The summed E-state index contributed by atoms with van der Waals surface area (Å²) in [4.78, 5) is 10.8. The van der Waals surface area contributed by atoms with Crippen molar-refractivity contribution in [1.29, 1.82) is 0 Å². The van der Waals surface area contributed by atoms with Crippen molar-refractivity contribution in [2.24, 2.45) is 12.8 Å². The van der Waals surface area contributed by atoms with Crippen LogP contribution in [0.4, 0.5) is 0 Å². The van der Waals surface area contributed by atoms with Gasteiger partial charge < -0.3 is 5.73 Å². The predicted molar refractivity (Wildman–Crippen MR) is 63.0 cm³/mol. The molecule has 0 aliphatic carbocycles. The van der Waals surface area contributed by atoms with E-state index in [9.17, 15) is 4.79 Å². The van der Waals surface area contributed by atoms with E-state index >= 15 is 0 Å². The quantitative estimate of drug-likeness (QED) is 0.842. The van der Waals surface area contributed by atoms with E-state index in [4.69, 9.17) is 5.73 Å². The normalized spacial score (nSPS) is 10.9. The Labute approximate surface area is 94.0 Å². The summed E-state index contributed by atoms with van der Waals surface area (Å²) in [5, 5.41) is 5.51. The lowest BCUT2D eigenvalue weighted by atomic mass is 10.0. The number of hydrogen-bond acceptors (Lipinski definition) is 2. The van der Waals surface area contributed by atoms with Gasteiger partial charge in [-0.3, -0.25) is 9.48 Å². The van der Waals surface area contributed by atoms with Gasteiger partial charge in [0, 0.05) is 25.1 Å². The standard InChI is InChI=1S/C12H15N3O/c1-8-5-9(3-4-11(13)16)12-10(6-8)7-15(2)14-12/h5-7H,3-4H2,1-2H3,(H2,13,16). The van der Waals surface area contributed by atoms with E-state index < -0.39 is 0 Å². The van der Waals surface area contributed by atoms with Gasteiger partial charge in [0.25, 0.3) is 0 Å². The molecule has 1 aromatic heterocycles. The van der Waals surface area contributed by atoms with Crippen molar-refractivity contribution in [2.75, 3.05) is 0 Å². The molecule has 0 saturated carbocycles. The molecule has 1 amide bonds. The molecule has 0 bridgehead atoms. The number of benzene rings is 1. The van der Waals surface area contributed by atoms with E-state index in [0.29, 0.717) is 12.8 Å². The summed E-state index contributed by atoms with van der Waals surface area (Å²) in [7, 11) is 1.90. The zero-order chi connectivity index (χ0) is 11.7. The first kappa shape index (κ1) is 10.7. The largest absolute Gasteiger partial charge is 0.370 e. The molecule has 0 fully saturated rings. The molecule has 0 aliphatic heterocycles. The minimum absolute atomic E-state index is 0.273. The fraction of sp³-hybridized carbons (Fsp3) is 0.333. The summed E-state index contributed by atoms with van der Waals surface area (Å²) in [5.41, 5.74) is 8.40. The van der Waals surface area contributed by atoms with Crippen LogP contribution in [0.5, 0.6) is 0 Å². The van der Waals surface area contributed by atoms with Crippen molar-refractivity contribution in [2.45, 2.75) is 19.8 Å². The van der Waals surface area contributed by atoms with E-state index in [1.807, 2.05) is 20.2 Å². The highest BCUT2D eigenvalue weighted by atomic mass is 16.1. The Hall–Kier alpha value is -1.84. The first-order chi connectivity index (χ1) is 7.56. The van der Waals surface area contributed by atoms with Gasteiger partial charge >= 0.3 is 0 Å². The summed E-state index contributed by atoms with van der Waals surface area (Å²) in [6, 6.07) is 4.16. The Kier molecular flexibility index (Phi) is 2.64. The first-order valence-corrected chi connectivity index (χ1v) is 5.27. The Bertz CT molecular complexity index is 542. The molecule has 0 saturated heterocycles. The molecule has 2 N–H and O–H groups in total. The highest BCUT2D eigenvalue weighted by Gasteiger charge is 2.07. The van der Waals surface area contributed by atoms with Crippen LogP contribution in [0, 0.1) is 6.92 Å². The maximum absolute atomic E-state index is 10.8. The number of rotatable bonds is 3. The molecule has 84 valence electrons. The second kappa shape index (κ2) is 3.96. The molecule has 0 atom stereocenters. The number of carbonyl (C=O) groups is 1. The van der Waals surface area contributed by atoms with Crippen LogP contribution in [0.15, 0.2) is 18.3 Å². The Morgan fingerprint density at radius 3 is 2.94 bits per heavy atom. The number of fused-ring (bicyclic) bond motifs is 1. The van der Waals surface area contributed by atoms with E-state index in [1.54, 1.807) is 4.68 Å². The number of nitrogens with two attached hydrogens (primary N) is 1. The third-order valence-electron chi connectivity index (χ3n) is 2.59. The molecule has 0 unspecified atom stereocenters. The SMILES string of the molecule is Cc1cc(CCC(N)=O)c2nn(C)cc2c1. The zero-order valence-electron chi connectivity index (χ0n) is 9.53. The molecule has 1 aromatic carbocycles. The fourth-order valence-electron chi connectivity index (χ4n) is 1.94. The Balaban J connectivity index is 2.45. The van der Waals surface area contributed by atoms with Crippen molar-refractivity contribution in [3.8, 4) is 0 Å². The molecule has 16 heavy (non-hydrogen) atoms. The van der Waals surface area contributed by atoms with Crippen molar-refractivity contribution < 1.29 is 4.79 Å². The lowest BCUT2D eigenvalue weighted by Crippen LogP contribution is -2.11. The Morgan fingerprint density at radius 2 is 2.25 bits per heavy atom. The monoisotopic (exact) mass is 217 g/mol. The average Bonchev–Trinajstić information content (AvgIpc) is 2.54. The van der Waals surface area contributed by atoms with Gasteiger partial charge in [-0.2, -0.15) is 5.10 Å². The molecule has 0 aliphatic rings. The fourth-order valence-corrected chi connectivity index (χ4v) is 1.94. The van der Waals surface area contributed by atoms with Crippen molar-refractivity contribution in [3.05, 3.63) is 29.5 Å². The molecule has 4 nitrogen and oxygen atoms in total. The van der Waals surface area contributed by atoms with Gasteiger partial charge in [-0.05, 0) is 25.0 Å². The van der Waals surface area contributed by atoms with Crippen LogP contribution in [0.3, 0.4) is 0 Å². The number of aromatic nitrogens is 2. The summed E-state index contributed by atoms with van der Waals surface area (Å²) in [5.74, 6) is -0.273. The third-order valence-corrected chi connectivity index (χ3v) is 2.59. The van der Waals surface area contributed by atoms with Gasteiger partial charge in [-0.15, -0.1) is 0 Å². The lowest BCUT2D eigenvalue weighted by molar-refractivity contribution is -0.117. The van der Waals surface area contributed by atoms with Gasteiger partial charge in [0.2, 0.25) is 5.91 Å². The van der Waals surface area contributed by atoms with E-state index in [1.165, 1.54) is 5.56 Å². The zero-order valence-corrected chi connectivity index (χ0v) is 9.53. The topological polar surface area (TPSA) is 60.9 Å². The maximum Gasteiger partial charge on any atom is 0.217 e. The van der Waals surface area contributed by atoms with Gasteiger partial charge in [-0.25, -0.2) is 0 Å². The summed E-state index contributed by atoms with van der Waals surface area (Å²) in [6.07, 6.45) is 3.01. The second-order valence-corrected chi connectivity index (χ2v) is 4.13. The van der Waals surface area contributed by atoms with Crippen LogP contribution in [0.25, 0.3) is 10.9 Å². The minimum Gasteiger partial charge on any atom is -0.370 e. The lowest BCUT2D eigenvalue weighted by Gasteiger charge is -2.02. The molecule has 2 rings (SSSR count). The van der Waals surface area contributed by atoms with E-state index in [0.717, 1.165) is 16.5 Å². The molecular formula is C12H15N3O. The first-order valence-electron chi connectivity index (χ1n) is 5.27. The van der Waals surface area contributed by atoms with Crippen LogP contribution in [-0.2, 0) is 18.3 Å². The van der Waals surface area contributed by atoms with Crippen LogP contribution >= 0.6 is 0 Å². The van der Waals surface area contributed by atoms with Crippen molar-refractivity contribution in [3.63, 3.8) is 0 Å². The van der Waals surface area contributed by atoms with E-state index in [2.05, 4.69) is 17.2 Å². The molecule has 0 spiro atoms. The molecule has 2 aromatic rings. The smallest absolute Gasteiger partial charge is 0.217 e. The van der Waals surface area contributed by atoms with Gasteiger partial charge in [0.1, 0.15) is 0 Å². The van der Waals surface area contributed by atoms with Crippen LogP contribution in [0.1, 0.15) is 17.5 Å². The summed E-state index contributed by atoms with van der Waals surface area (Å²) >= 11 is 0. The minimum atomic E-state index is -0.273. The van der Waals surface area contributed by atoms with Crippen LogP contribution in [-0.4, -0.2) is 15.7 Å².